The van der Waals surface area contributed by atoms with Gasteiger partial charge in [-0.25, -0.2) is 0 Å². The number of nitrogens with one attached hydrogen (secondary N) is 2. The quantitative estimate of drug-likeness (QED) is 0.895. The summed E-state index contributed by atoms with van der Waals surface area (Å²) < 4.78 is 0. The standard InChI is InChI=1S/C19H29N3O2/c1-12(2)16(17(23)21-19(4,5)6)22-11-14-9-7-8-10-15(14)20-13(3)18(22)24/h7-10,12-13,16,20H,11H2,1-6H3,(H,21,23). The molecule has 1 aliphatic rings. The number of carbonyl (C=O) groups excluding carboxylic acids is 2. The van der Waals surface area contributed by atoms with Crippen molar-refractivity contribution in [3.05, 3.63) is 29.8 Å². The van der Waals surface area contributed by atoms with Gasteiger partial charge in [0.15, 0.2) is 0 Å². The number of hydrogen-bond acceptors (Lipinski definition) is 3. The Kier molecular flexibility index (Phi) is 5.21. The van der Waals surface area contributed by atoms with Gasteiger partial charge in [0.25, 0.3) is 0 Å². The Balaban J connectivity index is 2.37. The monoisotopic (exact) mass is 331 g/mol. The lowest BCUT2D eigenvalue weighted by Gasteiger charge is -2.35. The van der Waals surface area contributed by atoms with Crippen LogP contribution in [0.1, 0.15) is 47.1 Å². The maximum atomic E-state index is 12.9. The molecule has 1 aliphatic heterocycles. The SMILES string of the molecule is CC1Nc2ccccc2CN(C(C(=O)NC(C)(C)C)C(C)C)C1=O. The van der Waals surface area contributed by atoms with Crippen LogP contribution >= 0.6 is 0 Å². The molecule has 0 saturated carbocycles. The zero-order chi connectivity index (χ0) is 18.1. The second kappa shape index (κ2) is 6.83. The van der Waals surface area contributed by atoms with E-state index in [1.807, 2.05) is 65.8 Å². The number of rotatable bonds is 3. The van der Waals surface area contributed by atoms with Crippen molar-refractivity contribution in [2.45, 2.75) is 65.7 Å². The van der Waals surface area contributed by atoms with Crippen molar-refractivity contribution in [1.82, 2.24) is 10.2 Å². The van der Waals surface area contributed by atoms with Crippen molar-refractivity contribution in [3.8, 4) is 0 Å². The Labute approximate surface area is 144 Å². The lowest BCUT2D eigenvalue weighted by Crippen LogP contribution is -2.57. The van der Waals surface area contributed by atoms with Crippen molar-refractivity contribution in [2.75, 3.05) is 5.32 Å². The average Bonchev–Trinajstić information content (AvgIpc) is 2.56. The van der Waals surface area contributed by atoms with E-state index in [4.69, 9.17) is 0 Å². The molecule has 24 heavy (non-hydrogen) atoms. The summed E-state index contributed by atoms with van der Waals surface area (Å²) in [4.78, 5) is 27.5. The van der Waals surface area contributed by atoms with Crippen molar-refractivity contribution in [2.24, 2.45) is 5.92 Å². The molecule has 2 atom stereocenters. The Hall–Kier alpha value is -2.04. The molecule has 0 fully saturated rings. The fourth-order valence-corrected chi connectivity index (χ4v) is 3.09. The van der Waals surface area contributed by atoms with Gasteiger partial charge in [-0.3, -0.25) is 9.59 Å². The van der Waals surface area contributed by atoms with Crippen LogP contribution in [0.4, 0.5) is 5.69 Å². The molecule has 0 radical (unpaired) electrons. The lowest BCUT2D eigenvalue weighted by molar-refractivity contribution is -0.143. The first-order valence-corrected chi connectivity index (χ1v) is 8.57. The van der Waals surface area contributed by atoms with Crippen LogP contribution in [0.15, 0.2) is 24.3 Å². The smallest absolute Gasteiger partial charge is 0.245 e. The molecule has 0 bridgehead atoms. The molecule has 0 spiro atoms. The van der Waals surface area contributed by atoms with Crippen LogP contribution < -0.4 is 10.6 Å². The number of benzene rings is 1. The van der Waals surface area contributed by atoms with Crippen LogP contribution in [0.25, 0.3) is 0 Å². The molecule has 1 heterocycles. The highest BCUT2D eigenvalue weighted by atomic mass is 16.2. The summed E-state index contributed by atoms with van der Waals surface area (Å²) in [5, 5.41) is 6.28. The summed E-state index contributed by atoms with van der Waals surface area (Å²) in [7, 11) is 0. The molecule has 2 N–H and O–H groups in total. The zero-order valence-corrected chi connectivity index (χ0v) is 15.5. The molecule has 5 nitrogen and oxygen atoms in total. The van der Waals surface area contributed by atoms with Gasteiger partial charge in [0.2, 0.25) is 11.8 Å². The topological polar surface area (TPSA) is 61.4 Å². The van der Waals surface area contributed by atoms with E-state index in [-0.39, 0.29) is 29.3 Å². The number of amides is 2. The van der Waals surface area contributed by atoms with Crippen LogP contribution in [0.5, 0.6) is 0 Å². The van der Waals surface area contributed by atoms with Crippen molar-refractivity contribution in [1.29, 1.82) is 0 Å². The molecule has 2 rings (SSSR count). The van der Waals surface area contributed by atoms with Crippen LogP contribution in [-0.2, 0) is 16.1 Å². The number of carbonyl (C=O) groups is 2. The molecular formula is C19H29N3O2. The zero-order valence-electron chi connectivity index (χ0n) is 15.5. The number of nitrogens with zero attached hydrogens (tertiary/aromatic N) is 1. The van der Waals surface area contributed by atoms with Gasteiger partial charge in [-0.1, -0.05) is 32.0 Å². The van der Waals surface area contributed by atoms with Gasteiger partial charge in [0, 0.05) is 17.8 Å². The molecule has 132 valence electrons. The Morgan fingerprint density at radius 1 is 1.29 bits per heavy atom. The predicted octanol–water partition coefficient (Wildman–Crippen LogP) is 2.77. The van der Waals surface area contributed by atoms with Crippen molar-refractivity contribution >= 4 is 17.5 Å². The van der Waals surface area contributed by atoms with Crippen LogP contribution in [-0.4, -0.2) is 34.3 Å². The largest absolute Gasteiger partial charge is 0.374 e. The Bertz CT molecular complexity index is 619. The van der Waals surface area contributed by atoms with Crippen LogP contribution in [0, 0.1) is 5.92 Å². The van der Waals surface area contributed by atoms with Gasteiger partial charge in [-0.2, -0.15) is 0 Å². The Morgan fingerprint density at radius 2 is 1.92 bits per heavy atom. The molecule has 2 amide bonds. The normalized spacial score (nSPS) is 19.4. The van der Waals surface area contributed by atoms with E-state index < -0.39 is 6.04 Å². The molecule has 1 aromatic rings. The fourth-order valence-electron chi connectivity index (χ4n) is 3.09. The fraction of sp³-hybridized carbons (Fsp3) is 0.579. The first-order valence-electron chi connectivity index (χ1n) is 8.57. The minimum absolute atomic E-state index is 0.0220. The maximum Gasteiger partial charge on any atom is 0.245 e. The molecular weight excluding hydrogens is 302 g/mol. The molecule has 5 heteroatoms. The second-order valence-corrected chi connectivity index (χ2v) is 7.92. The van der Waals surface area contributed by atoms with Gasteiger partial charge in [0.05, 0.1) is 0 Å². The third-order valence-corrected chi connectivity index (χ3v) is 4.12. The minimum Gasteiger partial charge on any atom is -0.374 e. The van der Waals surface area contributed by atoms with Crippen molar-refractivity contribution < 1.29 is 9.59 Å². The highest BCUT2D eigenvalue weighted by molar-refractivity contribution is 5.92. The van der Waals surface area contributed by atoms with E-state index in [0.717, 1.165) is 11.3 Å². The second-order valence-electron chi connectivity index (χ2n) is 7.92. The summed E-state index contributed by atoms with van der Waals surface area (Å²) in [5.74, 6) is -0.125. The Morgan fingerprint density at radius 3 is 2.50 bits per heavy atom. The van der Waals surface area contributed by atoms with Crippen LogP contribution in [0.3, 0.4) is 0 Å². The van der Waals surface area contributed by atoms with Gasteiger partial charge in [0.1, 0.15) is 12.1 Å². The average molecular weight is 331 g/mol. The van der Waals surface area contributed by atoms with E-state index in [2.05, 4.69) is 10.6 Å². The molecule has 1 aromatic carbocycles. The highest BCUT2D eigenvalue weighted by Crippen LogP contribution is 2.26. The molecule has 0 saturated heterocycles. The number of para-hydroxylation sites is 1. The third kappa shape index (κ3) is 4.08. The van der Waals surface area contributed by atoms with Gasteiger partial charge >= 0.3 is 0 Å². The minimum atomic E-state index is -0.493. The number of anilines is 1. The van der Waals surface area contributed by atoms with E-state index in [1.54, 1.807) is 4.90 Å². The van der Waals surface area contributed by atoms with E-state index >= 15 is 0 Å². The maximum absolute atomic E-state index is 12.9. The van der Waals surface area contributed by atoms with E-state index in [0.29, 0.717) is 6.54 Å². The predicted molar refractivity (Wildman–Crippen MR) is 96.6 cm³/mol. The van der Waals surface area contributed by atoms with Gasteiger partial charge in [-0.15, -0.1) is 0 Å². The van der Waals surface area contributed by atoms with Gasteiger partial charge < -0.3 is 15.5 Å². The molecule has 0 aromatic heterocycles. The summed E-state index contributed by atoms with van der Waals surface area (Å²) >= 11 is 0. The summed E-state index contributed by atoms with van der Waals surface area (Å²) in [6, 6.07) is 7.02. The summed E-state index contributed by atoms with van der Waals surface area (Å²) in [6.07, 6.45) is 0. The highest BCUT2D eigenvalue weighted by Gasteiger charge is 2.37. The van der Waals surface area contributed by atoms with E-state index in [1.165, 1.54) is 0 Å². The molecule has 2 unspecified atom stereocenters. The number of fused-ring (bicyclic) bond motifs is 1. The third-order valence-electron chi connectivity index (χ3n) is 4.12. The summed E-state index contributed by atoms with van der Waals surface area (Å²) in [6.45, 7) is 12.1. The van der Waals surface area contributed by atoms with Crippen molar-refractivity contribution in [3.63, 3.8) is 0 Å². The van der Waals surface area contributed by atoms with Crippen LogP contribution in [0.2, 0.25) is 0 Å². The number of hydrogen-bond donors (Lipinski definition) is 2. The first-order chi connectivity index (χ1) is 11.1. The van der Waals surface area contributed by atoms with E-state index in [9.17, 15) is 9.59 Å². The summed E-state index contributed by atoms with van der Waals surface area (Å²) in [5.41, 5.74) is 1.66. The van der Waals surface area contributed by atoms with Gasteiger partial charge in [-0.05, 0) is 45.2 Å². The first kappa shape index (κ1) is 18.3. The lowest BCUT2D eigenvalue weighted by atomic mass is 9.98. The molecule has 0 aliphatic carbocycles.